The summed E-state index contributed by atoms with van der Waals surface area (Å²) < 4.78 is 0. The minimum absolute atomic E-state index is 0.135. The third-order valence-corrected chi connectivity index (χ3v) is 10.2. The number of rotatable bonds is 5. The van der Waals surface area contributed by atoms with Crippen molar-refractivity contribution in [2.45, 2.75) is 19.3 Å². The molecule has 1 heteroatoms. The largest absolute Gasteiger partial charge is 0.310 e. The molecule has 0 N–H and O–H groups in total. The van der Waals surface area contributed by atoms with Crippen molar-refractivity contribution < 1.29 is 0 Å². The molecule has 1 nitrogen and oxygen atoms in total. The first-order valence-electron chi connectivity index (χ1n) is 16.8. The van der Waals surface area contributed by atoms with Gasteiger partial charge in [-0.2, -0.15) is 0 Å². The number of nitrogens with zero attached hydrogens (tertiary/aromatic N) is 1. The van der Waals surface area contributed by atoms with Gasteiger partial charge >= 0.3 is 0 Å². The molecule has 0 aliphatic heterocycles. The quantitative estimate of drug-likeness (QED) is 0.187. The molecule has 0 atom stereocenters. The first-order valence-corrected chi connectivity index (χ1v) is 16.8. The molecular formula is C47H35N. The SMILES string of the molecule is CC1(C)c2ccccc2-c2c(N(c3ccc(-c4ccccc4)cc3)c3ccc(-c4ccc5ccccc5c4)cc3)cc3ccccc3c21. The summed E-state index contributed by atoms with van der Waals surface area (Å²) in [6.07, 6.45) is 0. The molecule has 0 amide bonds. The number of fused-ring (bicyclic) bond motifs is 6. The first-order chi connectivity index (χ1) is 23.6. The first kappa shape index (κ1) is 28.3. The maximum Gasteiger partial charge on any atom is 0.0549 e. The third-order valence-electron chi connectivity index (χ3n) is 10.2. The average Bonchev–Trinajstić information content (AvgIpc) is 3.39. The molecule has 0 bridgehead atoms. The topological polar surface area (TPSA) is 3.24 Å². The lowest BCUT2D eigenvalue weighted by molar-refractivity contribution is 0.666. The van der Waals surface area contributed by atoms with Crippen LogP contribution in [0.1, 0.15) is 25.0 Å². The van der Waals surface area contributed by atoms with Crippen LogP contribution in [0.25, 0.3) is 54.9 Å². The number of hydrogen-bond acceptors (Lipinski definition) is 1. The molecule has 1 aliphatic carbocycles. The van der Waals surface area contributed by atoms with Gasteiger partial charge in [-0.05, 0) is 96.9 Å². The van der Waals surface area contributed by atoms with Crippen molar-refractivity contribution in [3.8, 4) is 33.4 Å². The van der Waals surface area contributed by atoms with Crippen molar-refractivity contribution in [3.63, 3.8) is 0 Å². The Bertz CT molecular complexity index is 2450. The van der Waals surface area contributed by atoms with Crippen LogP contribution < -0.4 is 4.90 Å². The molecular weight excluding hydrogens is 579 g/mol. The maximum absolute atomic E-state index is 2.46. The number of anilines is 3. The van der Waals surface area contributed by atoms with E-state index in [-0.39, 0.29) is 5.41 Å². The van der Waals surface area contributed by atoms with E-state index >= 15 is 0 Å². The van der Waals surface area contributed by atoms with Gasteiger partial charge in [0.15, 0.2) is 0 Å². The summed E-state index contributed by atoms with van der Waals surface area (Å²) in [5.74, 6) is 0. The van der Waals surface area contributed by atoms with Crippen LogP contribution in [-0.4, -0.2) is 0 Å². The van der Waals surface area contributed by atoms with Gasteiger partial charge in [0.2, 0.25) is 0 Å². The number of benzene rings is 8. The molecule has 0 radical (unpaired) electrons. The monoisotopic (exact) mass is 613 g/mol. The zero-order chi connectivity index (χ0) is 32.2. The van der Waals surface area contributed by atoms with Crippen LogP contribution in [0.5, 0.6) is 0 Å². The molecule has 0 saturated heterocycles. The van der Waals surface area contributed by atoms with Gasteiger partial charge in [0.1, 0.15) is 0 Å². The molecule has 0 fully saturated rings. The Balaban J connectivity index is 1.26. The molecule has 8 aromatic rings. The fourth-order valence-corrected chi connectivity index (χ4v) is 7.84. The van der Waals surface area contributed by atoms with E-state index in [9.17, 15) is 0 Å². The second-order valence-electron chi connectivity index (χ2n) is 13.4. The highest BCUT2D eigenvalue weighted by atomic mass is 15.1. The van der Waals surface area contributed by atoms with Crippen LogP contribution in [0.4, 0.5) is 17.1 Å². The molecule has 0 unspecified atom stereocenters. The Kier molecular flexibility index (Phi) is 6.55. The lowest BCUT2D eigenvalue weighted by Gasteiger charge is -2.30. The van der Waals surface area contributed by atoms with Gasteiger partial charge in [-0.3, -0.25) is 0 Å². The van der Waals surface area contributed by atoms with E-state index in [0.717, 1.165) is 11.4 Å². The molecule has 1 aliphatic rings. The minimum atomic E-state index is -0.135. The van der Waals surface area contributed by atoms with Crippen LogP contribution in [0, 0.1) is 0 Å². The van der Waals surface area contributed by atoms with E-state index in [0.29, 0.717) is 0 Å². The fraction of sp³-hybridized carbons (Fsp3) is 0.0638. The Labute approximate surface area is 282 Å². The van der Waals surface area contributed by atoms with E-state index in [4.69, 9.17) is 0 Å². The highest BCUT2D eigenvalue weighted by Crippen LogP contribution is 2.56. The van der Waals surface area contributed by atoms with Gasteiger partial charge in [-0.1, -0.05) is 153 Å². The summed E-state index contributed by atoms with van der Waals surface area (Å²) >= 11 is 0. The highest BCUT2D eigenvalue weighted by Gasteiger charge is 2.39. The van der Waals surface area contributed by atoms with Gasteiger partial charge in [-0.25, -0.2) is 0 Å². The summed E-state index contributed by atoms with van der Waals surface area (Å²) in [5.41, 5.74) is 13.6. The van der Waals surface area contributed by atoms with Crippen LogP contribution in [-0.2, 0) is 5.41 Å². The Hall–Kier alpha value is -5.92. The van der Waals surface area contributed by atoms with Crippen molar-refractivity contribution in [3.05, 3.63) is 187 Å². The van der Waals surface area contributed by atoms with Gasteiger partial charge in [0, 0.05) is 22.4 Å². The zero-order valence-electron chi connectivity index (χ0n) is 27.2. The summed E-state index contributed by atoms with van der Waals surface area (Å²) in [6, 6.07) is 64.3. The number of hydrogen-bond donors (Lipinski definition) is 0. The van der Waals surface area contributed by atoms with Gasteiger partial charge in [0.05, 0.1) is 5.69 Å². The smallest absolute Gasteiger partial charge is 0.0549 e. The molecule has 8 aromatic carbocycles. The van der Waals surface area contributed by atoms with Crippen LogP contribution >= 0.6 is 0 Å². The molecule has 0 saturated carbocycles. The van der Waals surface area contributed by atoms with Gasteiger partial charge < -0.3 is 4.90 Å². The van der Waals surface area contributed by atoms with E-state index < -0.39 is 0 Å². The second-order valence-corrected chi connectivity index (χ2v) is 13.4. The van der Waals surface area contributed by atoms with E-state index in [1.165, 1.54) is 71.7 Å². The van der Waals surface area contributed by atoms with E-state index in [1.54, 1.807) is 0 Å². The molecule has 0 heterocycles. The van der Waals surface area contributed by atoms with E-state index in [2.05, 4.69) is 195 Å². The van der Waals surface area contributed by atoms with Gasteiger partial charge in [0.25, 0.3) is 0 Å². The molecule has 48 heavy (non-hydrogen) atoms. The summed E-state index contributed by atoms with van der Waals surface area (Å²) in [4.78, 5) is 2.46. The predicted octanol–water partition coefficient (Wildman–Crippen LogP) is 13.1. The lowest BCUT2D eigenvalue weighted by Crippen LogP contribution is -2.16. The zero-order valence-corrected chi connectivity index (χ0v) is 27.2. The normalized spacial score (nSPS) is 13.0. The maximum atomic E-state index is 2.46. The summed E-state index contributed by atoms with van der Waals surface area (Å²) in [5, 5.41) is 5.10. The average molecular weight is 614 g/mol. The van der Waals surface area contributed by atoms with Crippen molar-refractivity contribution in [1.29, 1.82) is 0 Å². The molecule has 0 spiro atoms. The standard InChI is InChI=1S/C47H35N/c1-47(2)43-19-11-10-18-42(43)45-44(31-38-16-8-9-17-41(38)46(45)47)48(39-26-22-34(23-27-39)32-12-4-3-5-13-32)40-28-24-35(25-29-40)37-21-20-33-14-6-7-15-36(33)30-37/h3-31H,1-2H3. The highest BCUT2D eigenvalue weighted by molar-refractivity contribution is 6.06. The van der Waals surface area contributed by atoms with Crippen molar-refractivity contribution in [2.24, 2.45) is 0 Å². The van der Waals surface area contributed by atoms with Crippen molar-refractivity contribution >= 4 is 38.6 Å². The Morgan fingerprint density at radius 3 is 1.69 bits per heavy atom. The lowest BCUT2D eigenvalue weighted by atomic mass is 9.80. The van der Waals surface area contributed by atoms with Crippen LogP contribution in [0.2, 0.25) is 0 Å². The van der Waals surface area contributed by atoms with Gasteiger partial charge in [-0.15, -0.1) is 0 Å². The predicted molar refractivity (Wildman–Crippen MR) is 205 cm³/mol. The molecule has 0 aromatic heterocycles. The Morgan fingerprint density at radius 2 is 0.958 bits per heavy atom. The van der Waals surface area contributed by atoms with Crippen molar-refractivity contribution in [1.82, 2.24) is 0 Å². The van der Waals surface area contributed by atoms with Crippen LogP contribution in [0.3, 0.4) is 0 Å². The summed E-state index contributed by atoms with van der Waals surface area (Å²) in [6.45, 7) is 4.76. The van der Waals surface area contributed by atoms with Crippen molar-refractivity contribution in [2.75, 3.05) is 4.90 Å². The minimum Gasteiger partial charge on any atom is -0.310 e. The summed E-state index contributed by atoms with van der Waals surface area (Å²) in [7, 11) is 0. The Morgan fingerprint density at radius 1 is 0.417 bits per heavy atom. The molecule has 228 valence electrons. The fourth-order valence-electron chi connectivity index (χ4n) is 7.84. The molecule has 9 rings (SSSR count). The second kappa shape index (κ2) is 11.1. The third kappa shape index (κ3) is 4.54. The van der Waals surface area contributed by atoms with E-state index in [1.807, 2.05) is 0 Å². The van der Waals surface area contributed by atoms with Crippen LogP contribution in [0.15, 0.2) is 176 Å².